The van der Waals surface area contributed by atoms with Gasteiger partial charge in [0.1, 0.15) is 45.0 Å². The molecule has 1 fully saturated rings. The Morgan fingerprint density at radius 1 is 0.913 bits per heavy atom. The fourth-order valence-corrected chi connectivity index (χ4v) is 3.80. The average molecular weight is 398 g/mol. The Labute approximate surface area is 150 Å². The summed E-state index contributed by atoms with van der Waals surface area (Å²) in [6, 6.07) is 13.8. The third-order valence-corrected chi connectivity index (χ3v) is 5.41. The van der Waals surface area contributed by atoms with Crippen molar-refractivity contribution in [3.05, 3.63) is 63.1 Å². The van der Waals surface area contributed by atoms with E-state index in [1.807, 2.05) is 24.3 Å². The summed E-state index contributed by atoms with van der Waals surface area (Å²) in [5.74, 6) is 0.395. The highest BCUT2D eigenvalue weighted by Gasteiger charge is 2.24. The molecule has 122 valence electrons. The van der Waals surface area contributed by atoms with E-state index in [1.165, 1.54) is 10.5 Å². The number of hydrogen-bond donors (Lipinski definition) is 3. The first-order chi connectivity index (χ1) is 11.1. The van der Waals surface area contributed by atoms with Crippen LogP contribution in [0.4, 0.5) is 0 Å². The number of benzene rings is 2. The molecular formula is C18H22BrClN2O+2. The van der Waals surface area contributed by atoms with Crippen molar-refractivity contribution in [2.24, 2.45) is 0 Å². The van der Waals surface area contributed by atoms with Crippen LogP contribution in [0.1, 0.15) is 11.1 Å². The lowest BCUT2D eigenvalue weighted by Gasteiger charge is -2.30. The molecule has 0 spiro atoms. The molecule has 0 atom stereocenters. The van der Waals surface area contributed by atoms with Crippen molar-refractivity contribution in [3.8, 4) is 5.75 Å². The Morgan fingerprint density at radius 3 is 2.17 bits per heavy atom. The molecular weight excluding hydrogens is 376 g/mol. The van der Waals surface area contributed by atoms with Gasteiger partial charge in [0.2, 0.25) is 0 Å². The largest absolute Gasteiger partial charge is 0.507 e. The van der Waals surface area contributed by atoms with Gasteiger partial charge in [-0.1, -0.05) is 45.7 Å². The second-order valence-corrected chi connectivity index (χ2v) is 7.54. The first-order valence-corrected chi connectivity index (χ1v) is 9.17. The molecule has 3 N–H and O–H groups in total. The van der Waals surface area contributed by atoms with Crippen molar-refractivity contribution in [1.29, 1.82) is 0 Å². The van der Waals surface area contributed by atoms with E-state index in [0.29, 0.717) is 5.75 Å². The van der Waals surface area contributed by atoms with Crippen molar-refractivity contribution in [1.82, 2.24) is 0 Å². The maximum atomic E-state index is 9.99. The SMILES string of the molecule is Oc1ccc(Br)cc1C[NH+]1CC[NH+](Cc2ccccc2Cl)CC1. The van der Waals surface area contributed by atoms with Crippen molar-refractivity contribution in [2.75, 3.05) is 26.2 Å². The minimum absolute atomic E-state index is 0.395. The number of nitrogens with one attached hydrogen (secondary N) is 2. The molecule has 1 aliphatic rings. The molecule has 0 aliphatic carbocycles. The summed E-state index contributed by atoms with van der Waals surface area (Å²) in [6.45, 7) is 6.38. The van der Waals surface area contributed by atoms with Crippen LogP contribution >= 0.6 is 27.5 Å². The number of quaternary nitrogens is 2. The predicted octanol–water partition coefficient (Wildman–Crippen LogP) is 1.29. The maximum absolute atomic E-state index is 9.99. The zero-order valence-corrected chi connectivity index (χ0v) is 15.3. The number of phenols is 1. The van der Waals surface area contributed by atoms with Gasteiger partial charge in [-0.15, -0.1) is 0 Å². The standard InChI is InChI=1S/C18H20BrClN2O/c19-16-5-6-18(23)15(11-16)13-22-9-7-21(8-10-22)12-14-3-1-2-4-17(14)20/h1-6,11,23H,7-10,12-13H2/p+2. The molecule has 0 radical (unpaired) electrons. The molecule has 0 amide bonds. The highest BCUT2D eigenvalue weighted by atomic mass is 79.9. The molecule has 3 rings (SSSR count). The Hall–Kier alpha value is -1.07. The van der Waals surface area contributed by atoms with Gasteiger partial charge in [0.15, 0.2) is 0 Å². The van der Waals surface area contributed by atoms with Crippen LogP contribution in [0.25, 0.3) is 0 Å². The summed E-state index contributed by atoms with van der Waals surface area (Å²) < 4.78 is 1.02. The topological polar surface area (TPSA) is 29.1 Å². The Balaban J connectivity index is 1.54. The third-order valence-electron chi connectivity index (χ3n) is 4.54. The van der Waals surface area contributed by atoms with E-state index in [2.05, 4.69) is 28.1 Å². The Bertz CT molecular complexity index is 672. The lowest BCUT2D eigenvalue weighted by Crippen LogP contribution is -3.27. The fraction of sp³-hybridized carbons (Fsp3) is 0.333. The summed E-state index contributed by atoms with van der Waals surface area (Å²) in [6.07, 6.45) is 0. The van der Waals surface area contributed by atoms with E-state index in [1.54, 1.807) is 11.0 Å². The third kappa shape index (κ3) is 4.48. The smallest absolute Gasteiger partial charge is 0.127 e. The molecule has 0 aromatic heterocycles. The molecule has 0 unspecified atom stereocenters. The van der Waals surface area contributed by atoms with Gasteiger partial charge in [-0.2, -0.15) is 0 Å². The number of aromatic hydroxyl groups is 1. The quantitative estimate of drug-likeness (QED) is 0.713. The van der Waals surface area contributed by atoms with Crippen LogP contribution in [0.15, 0.2) is 46.9 Å². The van der Waals surface area contributed by atoms with Crippen LogP contribution in [-0.4, -0.2) is 31.3 Å². The van der Waals surface area contributed by atoms with Crippen molar-refractivity contribution in [3.63, 3.8) is 0 Å². The molecule has 2 aromatic rings. The summed E-state index contributed by atoms with van der Waals surface area (Å²) in [7, 11) is 0. The molecule has 23 heavy (non-hydrogen) atoms. The fourth-order valence-electron chi connectivity index (χ4n) is 3.19. The minimum Gasteiger partial charge on any atom is -0.507 e. The summed E-state index contributed by atoms with van der Waals surface area (Å²) >= 11 is 9.74. The number of halogens is 2. The summed E-state index contributed by atoms with van der Waals surface area (Å²) in [4.78, 5) is 3.11. The van der Waals surface area contributed by atoms with Gasteiger partial charge in [-0.25, -0.2) is 0 Å². The van der Waals surface area contributed by atoms with E-state index in [9.17, 15) is 5.11 Å². The Kier molecular flexibility index (Phi) is 5.59. The number of phenolic OH excluding ortho intramolecular Hbond substituents is 1. The van der Waals surface area contributed by atoms with Crippen LogP contribution in [-0.2, 0) is 13.1 Å². The van der Waals surface area contributed by atoms with Gasteiger partial charge in [-0.05, 0) is 24.3 Å². The zero-order chi connectivity index (χ0) is 16.2. The van der Waals surface area contributed by atoms with Crippen molar-refractivity contribution in [2.45, 2.75) is 13.1 Å². The van der Waals surface area contributed by atoms with E-state index in [0.717, 1.165) is 54.3 Å². The van der Waals surface area contributed by atoms with Gasteiger partial charge >= 0.3 is 0 Å². The molecule has 2 aromatic carbocycles. The number of piperazine rings is 1. The second kappa shape index (κ2) is 7.67. The van der Waals surface area contributed by atoms with Crippen LogP contribution in [0.3, 0.4) is 0 Å². The predicted molar refractivity (Wildman–Crippen MR) is 96.1 cm³/mol. The monoisotopic (exact) mass is 396 g/mol. The lowest BCUT2D eigenvalue weighted by atomic mass is 10.1. The maximum Gasteiger partial charge on any atom is 0.127 e. The molecule has 5 heteroatoms. The number of hydrogen-bond acceptors (Lipinski definition) is 1. The van der Waals surface area contributed by atoms with E-state index >= 15 is 0 Å². The highest BCUT2D eigenvalue weighted by molar-refractivity contribution is 9.10. The van der Waals surface area contributed by atoms with Gasteiger partial charge in [-0.3, -0.25) is 0 Å². The van der Waals surface area contributed by atoms with Gasteiger partial charge in [0.25, 0.3) is 0 Å². The van der Waals surface area contributed by atoms with E-state index in [-0.39, 0.29) is 0 Å². The van der Waals surface area contributed by atoms with E-state index < -0.39 is 0 Å². The van der Waals surface area contributed by atoms with Gasteiger partial charge in [0, 0.05) is 20.6 Å². The molecule has 0 saturated carbocycles. The number of rotatable bonds is 4. The average Bonchev–Trinajstić information content (AvgIpc) is 2.55. The van der Waals surface area contributed by atoms with Crippen molar-refractivity contribution >= 4 is 27.5 Å². The van der Waals surface area contributed by atoms with Crippen LogP contribution in [0, 0.1) is 0 Å². The van der Waals surface area contributed by atoms with Gasteiger partial charge in [0.05, 0.1) is 0 Å². The first kappa shape index (κ1) is 16.8. The molecule has 0 bridgehead atoms. The normalized spacial score (nSPS) is 21.3. The molecule has 3 nitrogen and oxygen atoms in total. The van der Waals surface area contributed by atoms with Crippen LogP contribution in [0.5, 0.6) is 5.75 Å². The lowest BCUT2D eigenvalue weighted by molar-refractivity contribution is -1.02. The summed E-state index contributed by atoms with van der Waals surface area (Å²) in [5.41, 5.74) is 2.25. The van der Waals surface area contributed by atoms with E-state index in [4.69, 9.17) is 11.6 Å². The van der Waals surface area contributed by atoms with Crippen LogP contribution < -0.4 is 9.80 Å². The zero-order valence-electron chi connectivity index (χ0n) is 13.0. The minimum atomic E-state index is 0.395. The second-order valence-electron chi connectivity index (χ2n) is 6.22. The molecule has 1 saturated heterocycles. The summed E-state index contributed by atoms with van der Waals surface area (Å²) in [5, 5.41) is 10.9. The Morgan fingerprint density at radius 2 is 1.52 bits per heavy atom. The first-order valence-electron chi connectivity index (χ1n) is 8.00. The molecule has 1 aliphatic heterocycles. The molecule has 1 heterocycles. The highest BCUT2D eigenvalue weighted by Crippen LogP contribution is 2.20. The van der Waals surface area contributed by atoms with Gasteiger partial charge < -0.3 is 14.9 Å². The van der Waals surface area contributed by atoms with Crippen LogP contribution in [0.2, 0.25) is 5.02 Å². The van der Waals surface area contributed by atoms with Crippen molar-refractivity contribution < 1.29 is 14.9 Å².